The zero-order valence-electron chi connectivity index (χ0n) is 16.1. The van der Waals surface area contributed by atoms with Crippen LogP contribution in [0.3, 0.4) is 0 Å². The van der Waals surface area contributed by atoms with Gasteiger partial charge in [-0.05, 0) is 44.2 Å². The molecule has 1 aromatic heterocycles. The van der Waals surface area contributed by atoms with Gasteiger partial charge < -0.3 is 15.2 Å². The lowest BCUT2D eigenvalue weighted by Gasteiger charge is -2.20. The third-order valence-corrected chi connectivity index (χ3v) is 5.31. The van der Waals surface area contributed by atoms with Gasteiger partial charge in [0.2, 0.25) is 0 Å². The Morgan fingerprint density at radius 2 is 1.93 bits per heavy atom. The molecule has 2 heterocycles. The molecule has 0 fully saturated rings. The average Bonchev–Trinajstić information content (AvgIpc) is 3.31. The lowest BCUT2D eigenvalue weighted by atomic mass is 9.94. The predicted molar refractivity (Wildman–Crippen MR) is 107 cm³/mol. The molecule has 0 aliphatic carbocycles. The van der Waals surface area contributed by atoms with Crippen molar-refractivity contribution in [2.24, 2.45) is 0 Å². The number of aromatic nitrogens is 2. The number of benzene rings is 2. The summed E-state index contributed by atoms with van der Waals surface area (Å²) in [6.07, 6.45) is 1.32. The first-order valence-electron chi connectivity index (χ1n) is 9.36. The number of carbonyl (C=O) groups excluding carboxylic acids is 1. The molecule has 1 amide bonds. The number of hydrogen-bond acceptors (Lipinski definition) is 4. The van der Waals surface area contributed by atoms with Gasteiger partial charge in [0.05, 0.1) is 24.2 Å². The first-order chi connectivity index (χ1) is 14.0. The van der Waals surface area contributed by atoms with Crippen molar-refractivity contribution in [2.75, 3.05) is 6.61 Å². The summed E-state index contributed by atoms with van der Waals surface area (Å²) in [4.78, 5) is 23.9. The van der Waals surface area contributed by atoms with Crippen LogP contribution in [0.25, 0.3) is 5.69 Å². The van der Waals surface area contributed by atoms with Crippen LogP contribution in [0, 0.1) is 6.92 Å². The highest BCUT2D eigenvalue weighted by atomic mass is 16.5. The summed E-state index contributed by atoms with van der Waals surface area (Å²) in [7, 11) is 0. The smallest absolute Gasteiger partial charge is 0.339 e. The van der Waals surface area contributed by atoms with Gasteiger partial charge in [-0.3, -0.25) is 4.79 Å². The van der Waals surface area contributed by atoms with Crippen LogP contribution in [0.15, 0.2) is 54.7 Å². The zero-order chi connectivity index (χ0) is 20.5. The van der Waals surface area contributed by atoms with E-state index in [1.165, 1.54) is 6.20 Å². The van der Waals surface area contributed by atoms with Gasteiger partial charge in [-0.25, -0.2) is 9.48 Å². The molecule has 2 N–H and O–H groups in total. The number of carboxylic acid groups (broad SMARTS) is 1. The van der Waals surface area contributed by atoms with Crippen LogP contribution in [0.4, 0.5) is 0 Å². The van der Waals surface area contributed by atoms with Gasteiger partial charge >= 0.3 is 5.97 Å². The fourth-order valence-corrected chi connectivity index (χ4v) is 3.63. The van der Waals surface area contributed by atoms with E-state index in [1.54, 1.807) is 35.9 Å². The summed E-state index contributed by atoms with van der Waals surface area (Å²) in [5.74, 6) is -0.207. The van der Waals surface area contributed by atoms with Crippen LogP contribution in [0.1, 0.15) is 44.8 Å². The van der Waals surface area contributed by atoms with Crippen molar-refractivity contribution in [3.63, 3.8) is 0 Å². The molecule has 0 saturated heterocycles. The summed E-state index contributed by atoms with van der Waals surface area (Å²) >= 11 is 0. The largest absolute Gasteiger partial charge is 0.493 e. The molecule has 29 heavy (non-hydrogen) atoms. The molecule has 2 unspecified atom stereocenters. The van der Waals surface area contributed by atoms with E-state index in [4.69, 9.17) is 9.84 Å². The molecule has 0 saturated carbocycles. The van der Waals surface area contributed by atoms with Gasteiger partial charge in [-0.15, -0.1) is 0 Å². The third kappa shape index (κ3) is 3.47. The Morgan fingerprint density at radius 1 is 1.21 bits per heavy atom. The molecular formula is C22H21N3O4. The molecule has 0 radical (unpaired) electrons. The molecule has 2 atom stereocenters. The maximum Gasteiger partial charge on any atom is 0.339 e. The molecule has 7 heteroatoms. The minimum Gasteiger partial charge on any atom is -0.493 e. The van der Waals surface area contributed by atoms with E-state index in [0.717, 1.165) is 11.3 Å². The maximum absolute atomic E-state index is 12.7. The number of fused-ring (bicyclic) bond motifs is 1. The minimum atomic E-state index is -1.02. The highest BCUT2D eigenvalue weighted by molar-refractivity contribution is 5.94. The zero-order valence-corrected chi connectivity index (χ0v) is 16.1. The van der Waals surface area contributed by atoms with Crippen molar-refractivity contribution in [1.82, 2.24) is 15.1 Å². The summed E-state index contributed by atoms with van der Waals surface area (Å²) in [6.45, 7) is 4.22. The maximum atomic E-state index is 12.7. The summed E-state index contributed by atoms with van der Waals surface area (Å²) in [5.41, 5.74) is 3.01. The number of carbonyl (C=O) groups is 2. The number of nitrogens with one attached hydrogen (secondary N) is 1. The molecule has 148 valence electrons. The summed E-state index contributed by atoms with van der Waals surface area (Å²) < 4.78 is 7.25. The lowest BCUT2D eigenvalue weighted by molar-refractivity contribution is 0.0695. The second-order valence-corrected chi connectivity index (χ2v) is 7.12. The number of aromatic carboxylic acids is 1. The van der Waals surface area contributed by atoms with E-state index in [2.05, 4.69) is 10.4 Å². The number of rotatable bonds is 5. The minimum absolute atomic E-state index is 0.0858. The Bertz CT molecular complexity index is 1070. The third-order valence-electron chi connectivity index (χ3n) is 5.31. The number of ether oxygens (including phenoxy) is 1. The summed E-state index contributed by atoms with van der Waals surface area (Å²) in [6, 6.07) is 14.7. The standard InChI is InChI=1S/C22H21N3O4/c1-13(19-12-29-20-6-4-3-5-17(19)20)24-21(26)15-7-9-16(10-8-15)25-14(2)18(11-23-25)22(27)28/h3-11,13,19H,12H2,1-2H3,(H,24,26)(H,27,28). The molecular weight excluding hydrogens is 370 g/mol. The average molecular weight is 391 g/mol. The predicted octanol–water partition coefficient (Wildman–Crippen LogP) is 3.17. The van der Waals surface area contributed by atoms with Crippen LogP contribution in [0.5, 0.6) is 5.75 Å². The molecule has 1 aliphatic rings. The van der Waals surface area contributed by atoms with E-state index >= 15 is 0 Å². The Morgan fingerprint density at radius 3 is 2.62 bits per heavy atom. The van der Waals surface area contributed by atoms with E-state index in [-0.39, 0.29) is 23.4 Å². The molecule has 7 nitrogen and oxygen atoms in total. The Balaban J connectivity index is 1.47. The second kappa shape index (κ2) is 7.43. The fraction of sp³-hybridized carbons (Fsp3) is 0.227. The molecule has 0 spiro atoms. The molecule has 4 rings (SSSR count). The molecule has 1 aliphatic heterocycles. The first kappa shape index (κ1) is 18.7. The Labute approximate surface area is 167 Å². The Kier molecular flexibility index (Phi) is 4.80. The first-order valence-corrected chi connectivity index (χ1v) is 9.36. The normalized spacial score (nSPS) is 16.0. The van der Waals surface area contributed by atoms with Crippen LogP contribution in [-0.4, -0.2) is 39.4 Å². The van der Waals surface area contributed by atoms with Crippen molar-refractivity contribution in [2.45, 2.75) is 25.8 Å². The van der Waals surface area contributed by atoms with Crippen molar-refractivity contribution in [1.29, 1.82) is 0 Å². The van der Waals surface area contributed by atoms with E-state index < -0.39 is 5.97 Å². The number of para-hydroxylation sites is 1. The second-order valence-electron chi connectivity index (χ2n) is 7.12. The fourth-order valence-electron chi connectivity index (χ4n) is 3.63. The van der Waals surface area contributed by atoms with Gasteiger partial charge in [0.25, 0.3) is 5.91 Å². The Hall–Kier alpha value is -3.61. The number of amides is 1. The molecule has 0 bridgehead atoms. The quantitative estimate of drug-likeness (QED) is 0.697. The van der Waals surface area contributed by atoms with Crippen molar-refractivity contribution < 1.29 is 19.4 Å². The summed E-state index contributed by atoms with van der Waals surface area (Å²) in [5, 5.41) is 16.3. The highest BCUT2D eigenvalue weighted by Gasteiger charge is 2.29. The number of nitrogens with zero attached hydrogens (tertiary/aromatic N) is 2. The highest BCUT2D eigenvalue weighted by Crippen LogP contribution is 2.35. The van der Waals surface area contributed by atoms with Crippen molar-refractivity contribution in [3.05, 3.63) is 77.1 Å². The van der Waals surface area contributed by atoms with Gasteiger partial charge in [0, 0.05) is 23.1 Å². The van der Waals surface area contributed by atoms with Crippen LogP contribution in [0.2, 0.25) is 0 Å². The van der Waals surface area contributed by atoms with E-state index in [1.807, 2.05) is 31.2 Å². The van der Waals surface area contributed by atoms with Gasteiger partial charge in [0.1, 0.15) is 11.3 Å². The van der Waals surface area contributed by atoms with Crippen molar-refractivity contribution in [3.8, 4) is 11.4 Å². The SMILES string of the molecule is Cc1c(C(=O)O)cnn1-c1ccc(C(=O)NC(C)C2COc3ccccc32)cc1. The van der Waals surface area contributed by atoms with Crippen LogP contribution < -0.4 is 10.1 Å². The lowest BCUT2D eigenvalue weighted by Crippen LogP contribution is -2.37. The molecule has 2 aromatic carbocycles. The van der Waals surface area contributed by atoms with E-state index in [9.17, 15) is 9.59 Å². The van der Waals surface area contributed by atoms with Crippen molar-refractivity contribution >= 4 is 11.9 Å². The van der Waals surface area contributed by atoms with Crippen LogP contribution in [-0.2, 0) is 0 Å². The van der Waals surface area contributed by atoms with Crippen LogP contribution >= 0.6 is 0 Å². The molecule has 3 aromatic rings. The topological polar surface area (TPSA) is 93.5 Å². The van der Waals surface area contributed by atoms with Gasteiger partial charge in [-0.1, -0.05) is 18.2 Å². The number of hydrogen-bond donors (Lipinski definition) is 2. The monoisotopic (exact) mass is 391 g/mol. The van der Waals surface area contributed by atoms with Gasteiger partial charge in [-0.2, -0.15) is 5.10 Å². The number of carboxylic acids is 1. The van der Waals surface area contributed by atoms with Gasteiger partial charge in [0.15, 0.2) is 0 Å². The van der Waals surface area contributed by atoms with E-state index in [0.29, 0.717) is 23.6 Å².